The molecule has 0 saturated carbocycles. The average molecular weight is 199 g/mol. The van der Waals surface area contributed by atoms with Crippen molar-refractivity contribution in [1.82, 2.24) is 0 Å². The summed E-state index contributed by atoms with van der Waals surface area (Å²) in [6.07, 6.45) is 1.97. The lowest BCUT2D eigenvalue weighted by molar-refractivity contribution is 0.314. The Morgan fingerprint density at radius 1 is 1.31 bits per heavy atom. The van der Waals surface area contributed by atoms with Crippen LogP contribution in [0.5, 0.6) is 5.75 Å². The maximum Gasteiger partial charge on any atom is 0.141 e. The van der Waals surface area contributed by atoms with Crippen LogP contribution < -0.4 is 4.74 Å². The maximum absolute atomic E-state index is 6.02. The highest BCUT2D eigenvalue weighted by atomic mass is 35.5. The van der Waals surface area contributed by atoms with Gasteiger partial charge in [0, 0.05) is 0 Å². The average Bonchev–Trinajstić information content (AvgIpc) is 2.15. The first-order valence-electron chi connectivity index (χ1n) is 4.69. The number of hydrogen-bond donors (Lipinski definition) is 0. The number of hydrogen-bond acceptors (Lipinski definition) is 1. The smallest absolute Gasteiger partial charge is 0.141 e. The van der Waals surface area contributed by atoms with E-state index in [9.17, 15) is 0 Å². The standard InChI is InChI=1S/C11H15ClO/c1-3-8-13-11-9(4-2)6-5-7-10(11)12/h5-7H,3-4,8H2,1-2H3. The Balaban J connectivity index is 2.87. The molecule has 0 aliphatic rings. The van der Waals surface area contributed by atoms with Crippen LogP contribution in [0.25, 0.3) is 0 Å². The van der Waals surface area contributed by atoms with E-state index in [1.165, 1.54) is 5.56 Å². The lowest BCUT2D eigenvalue weighted by Crippen LogP contribution is -1.98. The molecule has 0 radical (unpaired) electrons. The van der Waals surface area contributed by atoms with Crippen LogP contribution in [0, 0.1) is 0 Å². The zero-order valence-electron chi connectivity index (χ0n) is 8.14. The van der Waals surface area contributed by atoms with Crippen LogP contribution in [0.2, 0.25) is 5.02 Å². The molecule has 0 bridgehead atoms. The van der Waals surface area contributed by atoms with Crippen molar-refractivity contribution in [3.63, 3.8) is 0 Å². The number of rotatable bonds is 4. The zero-order valence-corrected chi connectivity index (χ0v) is 8.90. The van der Waals surface area contributed by atoms with Crippen LogP contribution >= 0.6 is 11.6 Å². The first kappa shape index (κ1) is 10.4. The summed E-state index contributed by atoms with van der Waals surface area (Å²) >= 11 is 6.02. The SMILES string of the molecule is CCCOc1c(Cl)cccc1CC. The normalized spacial score (nSPS) is 10.1. The number of aryl methyl sites for hydroxylation is 1. The minimum atomic E-state index is 0.716. The maximum atomic E-state index is 6.02. The molecule has 0 heterocycles. The number of halogens is 1. The van der Waals surface area contributed by atoms with Gasteiger partial charge in [-0.25, -0.2) is 0 Å². The Kier molecular flexibility index (Phi) is 4.10. The highest BCUT2D eigenvalue weighted by Gasteiger charge is 2.05. The summed E-state index contributed by atoms with van der Waals surface area (Å²) in [5, 5.41) is 0.716. The molecule has 0 amide bonds. The molecule has 0 saturated heterocycles. The van der Waals surface area contributed by atoms with E-state index >= 15 is 0 Å². The second kappa shape index (κ2) is 5.13. The summed E-state index contributed by atoms with van der Waals surface area (Å²) in [6.45, 7) is 4.92. The van der Waals surface area contributed by atoms with Gasteiger partial charge in [-0.3, -0.25) is 0 Å². The summed E-state index contributed by atoms with van der Waals surface area (Å²) in [5.74, 6) is 0.855. The van der Waals surface area contributed by atoms with Crippen molar-refractivity contribution in [2.75, 3.05) is 6.61 Å². The summed E-state index contributed by atoms with van der Waals surface area (Å²) in [7, 11) is 0. The van der Waals surface area contributed by atoms with Crippen molar-refractivity contribution in [1.29, 1.82) is 0 Å². The topological polar surface area (TPSA) is 9.23 Å². The fraction of sp³-hybridized carbons (Fsp3) is 0.455. The van der Waals surface area contributed by atoms with Gasteiger partial charge in [0.2, 0.25) is 0 Å². The highest BCUT2D eigenvalue weighted by Crippen LogP contribution is 2.28. The van der Waals surface area contributed by atoms with E-state index in [-0.39, 0.29) is 0 Å². The molecule has 72 valence electrons. The van der Waals surface area contributed by atoms with E-state index in [1.54, 1.807) is 0 Å². The second-order valence-electron chi connectivity index (χ2n) is 2.93. The van der Waals surface area contributed by atoms with E-state index in [2.05, 4.69) is 19.9 Å². The third kappa shape index (κ3) is 2.63. The Bertz CT molecular complexity index is 271. The molecule has 0 atom stereocenters. The fourth-order valence-electron chi connectivity index (χ4n) is 1.20. The second-order valence-corrected chi connectivity index (χ2v) is 3.34. The predicted molar refractivity (Wildman–Crippen MR) is 56.6 cm³/mol. The fourth-order valence-corrected chi connectivity index (χ4v) is 1.45. The van der Waals surface area contributed by atoms with E-state index < -0.39 is 0 Å². The largest absolute Gasteiger partial charge is 0.492 e. The molecule has 0 spiro atoms. The number of benzene rings is 1. The molecule has 1 rings (SSSR count). The van der Waals surface area contributed by atoms with Crippen LogP contribution in [0.1, 0.15) is 25.8 Å². The third-order valence-corrected chi connectivity index (χ3v) is 2.18. The van der Waals surface area contributed by atoms with Crippen molar-refractivity contribution < 1.29 is 4.74 Å². The molecular weight excluding hydrogens is 184 g/mol. The van der Waals surface area contributed by atoms with Crippen LogP contribution in [-0.4, -0.2) is 6.61 Å². The van der Waals surface area contributed by atoms with Gasteiger partial charge in [0.15, 0.2) is 0 Å². The summed E-state index contributed by atoms with van der Waals surface area (Å²) < 4.78 is 5.58. The molecule has 0 aliphatic carbocycles. The minimum Gasteiger partial charge on any atom is -0.492 e. The van der Waals surface area contributed by atoms with Crippen LogP contribution in [0.15, 0.2) is 18.2 Å². The van der Waals surface area contributed by atoms with Crippen molar-refractivity contribution in [3.05, 3.63) is 28.8 Å². The number of ether oxygens (including phenoxy) is 1. The third-order valence-electron chi connectivity index (χ3n) is 1.88. The van der Waals surface area contributed by atoms with Crippen molar-refractivity contribution in [2.24, 2.45) is 0 Å². The van der Waals surface area contributed by atoms with Gasteiger partial charge in [0.1, 0.15) is 5.75 Å². The molecule has 1 nitrogen and oxygen atoms in total. The van der Waals surface area contributed by atoms with E-state index in [0.717, 1.165) is 25.2 Å². The van der Waals surface area contributed by atoms with Gasteiger partial charge in [-0.2, -0.15) is 0 Å². The van der Waals surface area contributed by atoms with Crippen molar-refractivity contribution in [2.45, 2.75) is 26.7 Å². The van der Waals surface area contributed by atoms with Gasteiger partial charge in [0.05, 0.1) is 11.6 Å². The molecule has 1 aromatic carbocycles. The van der Waals surface area contributed by atoms with E-state index in [1.807, 2.05) is 12.1 Å². The molecule has 2 heteroatoms. The first-order chi connectivity index (χ1) is 6.29. The molecular formula is C11H15ClO. The van der Waals surface area contributed by atoms with Crippen molar-refractivity contribution >= 4 is 11.6 Å². The monoisotopic (exact) mass is 198 g/mol. The quantitative estimate of drug-likeness (QED) is 0.717. The van der Waals surface area contributed by atoms with Gasteiger partial charge >= 0.3 is 0 Å². The van der Waals surface area contributed by atoms with Gasteiger partial charge in [0.25, 0.3) is 0 Å². The summed E-state index contributed by atoms with van der Waals surface area (Å²) in [5.41, 5.74) is 1.18. The molecule has 1 aromatic rings. The minimum absolute atomic E-state index is 0.716. The lowest BCUT2D eigenvalue weighted by Gasteiger charge is -2.10. The Morgan fingerprint density at radius 2 is 2.08 bits per heavy atom. The van der Waals surface area contributed by atoms with Gasteiger partial charge < -0.3 is 4.74 Å². The lowest BCUT2D eigenvalue weighted by atomic mass is 10.1. The predicted octanol–water partition coefficient (Wildman–Crippen LogP) is 3.69. The Labute approximate surface area is 84.7 Å². The van der Waals surface area contributed by atoms with Gasteiger partial charge in [-0.1, -0.05) is 37.6 Å². The molecule has 0 unspecified atom stereocenters. The molecule has 0 aliphatic heterocycles. The summed E-state index contributed by atoms with van der Waals surface area (Å²) in [4.78, 5) is 0. The molecule has 0 aromatic heterocycles. The van der Waals surface area contributed by atoms with Gasteiger partial charge in [-0.05, 0) is 24.5 Å². The highest BCUT2D eigenvalue weighted by molar-refractivity contribution is 6.32. The Morgan fingerprint density at radius 3 is 2.69 bits per heavy atom. The first-order valence-corrected chi connectivity index (χ1v) is 5.07. The molecule has 0 N–H and O–H groups in total. The van der Waals surface area contributed by atoms with E-state index in [0.29, 0.717) is 5.02 Å². The van der Waals surface area contributed by atoms with Crippen LogP contribution in [0.4, 0.5) is 0 Å². The van der Waals surface area contributed by atoms with Crippen LogP contribution in [-0.2, 0) is 6.42 Å². The number of para-hydroxylation sites is 1. The van der Waals surface area contributed by atoms with Crippen molar-refractivity contribution in [3.8, 4) is 5.75 Å². The summed E-state index contributed by atoms with van der Waals surface area (Å²) in [6, 6.07) is 5.88. The zero-order chi connectivity index (χ0) is 9.68. The van der Waals surface area contributed by atoms with E-state index in [4.69, 9.17) is 16.3 Å². The Hall–Kier alpha value is -0.690. The molecule has 13 heavy (non-hydrogen) atoms. The van der Waals surface area contributed by atoms with Gasteiger partial charge in [-0.15, -0.1) is 0 Å². The molecule has 0 fully saturated rings. The van der Waals surface area contributed by atoms with Crippen LogP contribution in [0.3, 0.4) is 0 Å².